The Bertz CT molecular complexity index is 2580. The average molecular weight is 1090 g/mol. The lowest BCUT2D eigenvalue weighted by atomic mass is 9.76. The van der Waals surface area contributed by atoms with Crippen LogP contribution in [-0.4, -0.2) is 129 Å². The van der Waals surface area contributed by atoms with Crippen LogP contribution in [0.25, 0.3) is 0 Å². The summed E-state index contributed by atoms with van der Waals surface area (Å²) in [5.41, 5.74) is 5.24. The van der Waals surface area contributed by atoms with Crippen LogP contribution < -0.4 is 42.4 Å². The van der Waals surface area contributed by atoms with Gasteiger partial charge in [0.2, 0.25) is 29.5 Å². The van der Waals surface area contributed by atoms with Gasteiger partial charge in [-0.3, -0.25) is 43.3 Å². The molecule has 0 saturated carbocycles. The quantitative estimate of drug-likeness (QED) is 0.0331. The van der Waals surface area contributed by atoms with Crippen molar-refractivity contribution in [3.05, 3.63) is 89.5 Å². The summed E-state index contributed by atoms with van der Waals surface area (Å²) in [6.07, 6.45) is 5.84. The van der Waals surface area contributed by atoms with Crippen molar-refractivity contribution >= 4 is 63.3 Å². The number of imide groups is 1. The third-order valence-corrected chi connectivity index (χ3v) is 14.8. The molecule has 2 aromatic rings. The number of nitrogens with zero attached hydrogens (tertiary/aromatic N) is 2. The van der Waals surface area contributed by atoms with Crippen molar-refractivity contribution < 1.29 is 51.6 Å². The fourth-order valence-electron chi connectivity index (χ4n) is 8.73. The zero-order chi connectivity index (χ0) is 58.0. The number of hydrogen-bond donors (Lipinski definition) is 8. The lowest BCUT2D eigenvalue weighted by molar-refractivity contribution is -0.141. The second kappa shape index (κ2) is 29.0. The highest BCUT2D eigenvalue weighted by Gasteiger charge is 2.42. The number of likely N-dealkylation sites (N-methyl/N-ethyl adjacent to an activating group) is 2. The van der Waals surface area contributed by atoms with Crippen molar-refractivity contribution in [3.63, 3.8) is 0 Å². The van der Waals surface area contributed by atoms with Gasteiger partial charge in [-0.15, -0.1) is 0 Å². The van der Waals surface area contributed by atoms with Crippen LogP contribution in [0.15, 0.2) is 83.3 Å². The average Bonchev–Trinajstić information content (AvgIpc) is 3.68. The molecule has 2 aromatic carbocycles. The monoisotopic (exact) mass is 1090 g/mol. The summed E-state index contributed by atoms with van der Waals surface area (Å²) in [6, 6.07) is 9.74. The van der Waals surface area contributed by atoms with Gasteiger partial charge in [0.05, 0.1) is 17.0 Å². The first-order valence-electron chi connectivity index (χ1n) is 26.0. The van der Waals surface area contributed by atoms with Gasteiger partial charge in [-0.25, -0.2) is 17.9 Å². The molecule has 5 atom stereocenters. The number of nitrogens with two attached hydrogens (primary N) is 1. The molecule has 1 aliphatic heterocycles. The molecule has 22 heteroatoms. The molecule has 10 amide bonds. The number of amides is 10. The van der Waals surface area contributed by atoms with Crippen LogP contribution in [-0.2, 0) is 60.3 Å². The van der Waals surface area contributed by atoms with Crippen molar-refractivity contribution in [1.82, 2.24) is 46.4 Å². The van der Waals surface area contributed by atoms with Crippen LogP contribution >= 0.6 is 0 Å². The normalized spacial score (nSPS) is 15.0. The molecule has 1 heterocycles. The highest BCUT2D eigenvalue weighted by atomic mass is 32.2. The van der Waals surface area contributed by atoms with E-state index in [0.717, 1.165) is 10.5 Å². The first-order chi connectivity index (χ1) is 35.9. The van der Waals surface area contributed by atoms with Gasteiger partial charge in [-0.05, 0) is 80.2 Å². The zero-order valence-electron chi connectivity index (χ0n) is 46.7. The van der Waals surface area contributed by atoms with E-state index in [1.165, 1.54) is 54.3 Å². The minimum Gasteiger partial charge on any atom is -0.352 e. The predicted octanol–water partition coefficient (Wildman–Crippen LogP) is 3.19. The molecule has 3 rings (SSSR count). The number of unbranched alkanes of at least 4 members (excludes halogenated alkanes) is 2. The van der Waals surface area contributed by atoms with Crippen LogP contribution in [0, 0.1) is 17.3 Å². The topological polar surface area (TPSA) is 304 Å². The van der Waals surface area contributed by atoms with Gasteiger partial charge in [-0.1, -0.05) is 117 Å². The van der Waals surface area contributed by atoms with Crippen molar-refractivity contribution in [3.8, 4) is 0 Å². The Kier molecular flexibility index (Phi) is 24.2. The number of primary amides is 1. The fourth-order valence-corrected chi connectivity index (χ4v) is 9.75. The third-order valence-electron chi connectivity index (χ3n) is 13.4. The summed E-state index contributed by atoms with van der Waals surface area (Å²) in [5.74, 6) is -4.69. The van der Waals surface area contributed by atoms with Gasteiger partial charge >= 0.3 is 6.03 Å². The Morgan fingerprint density at radius 2 is 1.35 bits per heavy atom. The lowest BCUT2D eigenvalue weighted by Gasteiger charge is -2.40. The molecule has 0 bridgehead atoms. The van der Waals surface area contributed by atoms with Gasteiger partial charge in [0.25, 0.3) is 27.7 Å². The second-order valence-electron chi connectivity index (χ2n) is 21.7. The minimum absolute atomic E-state index is 0.0226. The minimum atomic E-state index is -4.42. The van der Waals surface area contributed by atoms with E-state index in [0.29, 0.717) is 24.8 Å². The smallest absolute Gasteiger partial charge is 0.312 e. The fraction of sp³-hybridized carbons (Fsp3) is 0.545. The van der Waals surface area contributed by atoms with E-state index in [1.54, 1.807) is 27.9 Å². The second-order valence-corrected chi connectivity index (χ2v) is 23.4. The molecule has 0 spiro atoms. The summed E-state index contributed by atoms with van der Waals surface area (Å²) in [7, 11) is -1.16. The Balaban J connectivity index is 1.67. The van der Waals surface area contributed by atoms with E-state index < -0.39 is 86.6 Å². The van der Waals surface area contributed by atoms with E-state index in [1.807, 2.05) is 78.8 Å². The zero-order valence-corrected chi connectivity index (χ0v) is 47.5. The van der Waals surface area contributed by atoms with Gasteiger partial charge in [0, 0.05) is 56.2 Å². The number of nitrogens with one attached hydrogen (secondary N) is 7. The molecule has 9 N–H and O–H groups in total. The van der Waals surface area contributed by atoms with E-state index in [-0.39, 0.29) is 78.9 Å². The summed E-state index contributed by atoms with van der Waals surface area (Å²) < 4.78 is 29.2. The van der Waals surface area contributed by atoms with Crippen molar-refractivity contribution in [2.24, 2.45) is 23.0 Å². The van der Waals surface area contributed by atoms with E-state index >= 15 is 0 Å². The first-order valence-corrected chi connectivity index (χ1v) is 27.5. The number of rotatable bonds is 29. The van der Waals surface area contributed by atoms with Crippen molar-refractivity contribution in [2.75, 3.05) is 27.2 Å². The molecular weight excluding hydrogens is 1010 g/mol. The molecule has 21 nitrogen and oxygen atoms in total. The number of benzene rings is 2. The Hall–Kier alpha value is -6.94. The number of carbonyl (C=O) groups is 9. The van der Waals surface area contributed by atoms with Gasteiger partial charge in [-0.2, -0.15) is 0 Å². The molecule has 0 aliphatic carbocycles. The molecule has 77 heavy (non-hydrogen) atoms. The van der Waals surface area contributed by atoms with Crippen LogP contribution in [0.2, 0.25) is 0 Å². The van der Waals surface area contributed by atoms with Crippen molar-refractivity contribution in [1.29, 1.82) is 0 Å². The Morgan fingerprint density at radius 3 is 1.90 bits per heavy atom. The lowest BCUT2D eigenvalue weighted by Crippen LogP contribution is -2.61. The van der Waals surface area contributed by atoms with Crippen LogP contribution in [0.5, 0.6) is 0 Å². The summed E-state index contributed by atoms with van der Waals surface area (Å²) >= 11 is 0. The van der Waals surface area contributed by atoms with Crippen LogP contribution in [0.4, 0.5) is 4.79 Å². The molecular formula is C55H82N10O11S. The van der Waals surface area contributed by atoms with Gasteiger partial charge in [0.1, 0.15) is 18.1 Å². The van der Waals surface area contributed by atoms with Gasteiger partial charge in [0.15, 0.2) is 0 Å². The van der Waals surface area contributed by atoms with Crippen LogP contribution in [0.1, 0.15) is 119 Å². The predicted molar refractivity (Wildman–Crippen MR) is 292 cm³/mol. The van der Waals surface area contributed by atoms with E-state index in [4.69, 9.17) is 5.73 Å². The molecule has 0 saturated heterocycles. The molecule has 0 aromatic heterocycles. The highest BCUT2D eigenvalue weighted by Crippen LogP contribution is 2.29. The maximum atomic E-state index is 14.4. The molecule has 0 radical (unpaired) electrons. The maximum Gasteiger partial charge on any atom is 0.312 e. The SMILES string of the molecule is CNC(C(=O)NC(C(=O)N(C)C(C=C(C)C(=O)NS(=O)(=O)c1ccc(CNC(=O)C(CCCNC(N)=O)NC(=O)C(NC(=O)CCCCCN2C(=O)C=CC2=O)C(C)C)cc1)C(C)C)C(C)(C)C)C(C)(C)c1ccccc1. The number of carbonyl (C=O) groups excluding carboxylic acids is 9. The molecule has 5 unspecified atom stereocenters. The standard InChI is InChI=1S/C55H82N10O11S/c1-34(2)41(64(12)52(73)47(54(6,7)8)62-51(72)46(57-11)55(9,10)38-20-15-13-16-21-38)32-36(5)48(69)63-77(75,76)39-26-24-37(25-27-39)33-59-49(70)40(22-19-30-58-53(56)74)60-50(71)45(35(3)4)61-42(66)23-17-14-18-31-65-43(67)28-29-44(65)68/h13,15-16,20-21,24-29,32,34-35,40-41,45-47,57H,14,17-19,22-23,30-31,33H2,1-12H3,(H,59,70)(H,60,71)(H,61,66)(H,62,72)(H,63,69)(H3,56,58,74). The number of sulfonamides is 1. The van der Waals surface area contributed by atoms with E-state index in [9.17, 15) is 51.6 Å². The highest BCUT2D eigenvalue weighted by molar-refractivity contribution is 7.90. The van der Waals surface area contributed by atoms with Gasteiger partial charge < -0.3 is 42.5 Å². The summed E-state index contributed by atoms with van der Waals surface area (Å²) in [5, 5.41) is 16.8. The first kappa shape index (κ1) is 64.3. The summed E-state index contributed by atoms with van der Waals surface area (Å²) in [6.45, 7) is 18.3. The number of hydrogen-bond acceptors (Lipinski definition) is 12. The molecule has 1 aliphatic rings. The van der Waals surface area contributed by atoms with Crippen molar-refractivity contribution in [2.45, 2.75) is 155 Å². The van der Waals surface area contributed by atoms with Crippen LogP contribution in [0.3, 0.4) is 0 Å². The maximum absolute atomic E-state index is 14.4. The Morgan fingerprint density at radius 1 is 0.740 bits per heavy atom. The van der Waals surface area contributed by atoms with E-state index in [2.05, 4.69) is 36.6 Å². The molecule has 424 valence electrons. The molecule has 0 fully saturated rings. The number of urea groups is 1. The summed E-state index contributed by atoms with van der Waals surface area (Å²) in [4.78, 5) is 119. The third kappa shape index (κ3) is 19.2. The Labute approximate surface area is 454 Å². The largest absolute Gasteiger partial charge is 0.352 e.